The van der Waals surface area contributed by atoms with Gasteiger partial charge >= 0.3 is 6.09 Å². The molecule has 1 unspecified atom stereocenters. The Morgan fingerprint density at radius 2 is 1.82 bits per heavy atom. The molecule has 2 aromatic carbocycles. The Balaban J connectivity index is 1.28. The number of hydrogen-bond donors (Lipinski definition) is 1. The monoisotopic (exact) mass is 541 g/mol. The molecule has 0 aliphatic carbocycles. The van der Waals surface area contributed by atoms with Crippen molar-refractivity contribution in [3.63, 3.8) is 0 Å². The van der Waals surface area contributed by atoms with E-state index in [2.05, 4.69) is 20.2 Å². The highest BCUT2D eigenvalue weighted by Gasteiger charge is 2.33. The largest absolute Gasteiger partial charge is 0.497 e. The van der Waals surface area contributed by atoms with Gasteiger partial charge < -0.3 is 24.6 Å². The second-order valence-electron chi connectivity index (χ2n) is 9.35. The summed E-state index contributed by atoms with van der Waals surface area (Å²) >= 11 is 0. The molecular formula is C29H31N7O4. The van der Waals surface area contributed by atoms with Crippen LogP contribution in [0.15, 0.2) is 85.6 Å². The second kappa shape index (κ2) is 12.7. The summed E-state index contributed by atoms with van der Waals surface area (Å²) in [5.41, 5.74) is 1.87. The van der Waals surface area contributed by atoms with E-state index in [-0.39, 0.29) is 25.0 Å². The first-order valence-electron chi connectivity index (χ1n) is 13.0. The van der Waals surface area contributed by atoms with E-state index in [1.165, 1.54) is 0 Å². The Morgan fingerprint density at radius 1 is 1.00 bits per heavy atom. The van der Waals surface area contributed by atoms with E-state index in [0.717, 1.165) is 16.9 Å². The Labute approximate surface area is 232 Å². The minimum atomic E-state index is -0.408. The van der Waals surface area contributed by atoms with Crippen LogP contribution in [-0.2, 0) is 22.7 Å². The summed E-state index contributed by atoms with van der Waals surface area (Å²) in [7, 11) is 1.61. The van der Waals surface area contributed by atoms with Crippen LogP contribution in [0.25, 0.3) is 5.95 Å². The Morgan fingerprint density at radius 3 is 2.58 bits per heavy atom. The molecule has 0 radical (unpaired) electrons. The lowest BCUT2D eigenvalue weighted by molar-refractivity contribution is -0.121. The molecule has 11 nitrogen and oxygen atoms in total. The molecular weight excluding hydrogens is 510 g/mol. The number of nitrogens with zero attached hydrogens (tertiary/aromatic N) is 6. The molecule has 3 heterocycles. The van der Waals surface area contributed by atoms with Crippen molar-refractivity contribution in [3.8, 4) is 11.7 Å². The lowest BCUT2D eigenvalue weighted by atomic mass is 10.1. The van der Waals surface area contributed by atoms with Crippen LogP contribution in [0.1, 0.15) is 17.5 Å². The molecule has 0 saturated carbocycles. The number of imidazole rings is 1. The summed E-state index contributed by atoms with van der Waals surface area (Å²) in [5, 5.41) is 2.99. The zero-order chi connectivity index (χ0) is 27.7. The molecule has 1 N–H and O–H groups in total. The van der Waals surface area contributed by atoms with E-state index in [9.17, 15) is 9.59 Å². The Kier molecular flexibility index (Phi) is 8.50. The number of nitrogens with one attached hydrogen (secondary N) is 1. The molecule has 5 rings (SSSR count). The molecule has 1 atom stereocenters. The van der Waals surface area contributed by atoms with Crippen LogP contribution in [0.5, 0.6) is 5.75 Å². The van der Waals surface area contributed by atoms with Gasteiger partial charge in [-0.1, -0.05) is 42.5 Å². The molecule has 0 spiro atoms. The van der Waals surface area contributed by atoms with Crippen molar-refractivity contribution in [2.45, 2.75) is 25.6 Å². The van der Waals surface area contributed by atoms with Gasteiger partial charge in [0.1, 0.15) is 24.5 Å². The first-order valence-corrected chi connectivity index (χ1v) is 13.0. The average Bonchev–Trinajstić information content (AvgIpc) is 3.55. The molecule has 11 heteroatoms. The first-order chi connectivity index (χ1) is 19.6. The quantitative estimate of drug-likeness (QED) is 0.344. The second-order valence-corrected chi connectivity index (χ2v) is 9.35. The number of rotatable bonds is 9. The summed E-state index contributed by atoms with van der Waals surface area (Å²) in [4.78, 5) is 42.9. The Bertz CT molecular complexity index is 1400. The van der Waals surface area contributed by atoms with Crippen LogP contribution in [0, 0.1) is 0 Å². The van der Waals surface area contributed by atoms with Crippen molar-refractivity contribution in [1.29, 1.82) is 0 Å². The summed E-state index contributed by atoms with van der Waals surface area (Å²) in [6.07, 6.45) is 6.50. The number of piperazine rings is 1. The number of benzene rings is 2. The highest BCUT2D eigenvalue weighted by atomic mass is 16.6. The number of anilines is 1. The number of amides is 2. The molecule has 1 saturated heterocycles. The molecule has 2 amide bonds. The van der Waals surface area contributed by atoms with Crippen molar-refractivity contribution in [1.82, 2.24) is 29.7 Å². The third-order valence-electron chi connectivity index (χ3n) is 6.67. The number of hydrogen-bond acceptors (Lipinski definition) is 8. The SMILES string of the molecule is COc1ccc(CNC(=O)CC2CN(C(=O)OCc3ccccc3)CCN2c2ccnc(-n3ccnc3)n2)cc1. The van der Waals surface area contributed by atoms with E-state index in [4.69, 9.17) is 14.5 Å². The van der Waals surface area contributed by atoms with Gasteiger partial charge in [0.25, 0.3) is 0 Å². The molecule has 2 aromatic heterocycles. The van der Waals surface area contributed by atoms with Gasteiger partial charge in [-0.2, -0.15) is 4.98 Å². The van der Waals surface area contributed by atoms with Gasteiger partial charge in [-0.3, -0.25) is 9.36 Å². The lowest BCUT2D eigenvalue weighted by Crippen LogP contribution is -2.56. The topological polar surface area (TPSA) is 115 Å². The summed E-state index contributed by atoms with van der Waals surface area (Å²) < 4.78 is 12.5. The number of methoxy groups -OCH3 is 1. The third kappa shape index (κ3) is 6.73. The van der Waals surface area contributed by atoms with Crippen molar-refractivity contribution >= 4 is 17.8 Å². The van der Waals surface area contributed by atoms with E-state index in [0.29, 0.717) is 37.9 Å². The van der Waals surface area contributed by atoms with Gasteiger partial charge in [-0.15, -0.1) is 0 Å². The lowest BCUT2D eigenvalue weighted by Gasteiger charge is -2.41. The number of carbonyl (C=O) groups excluding carboxylic acids is 2. The number of ether oxygens (including phenoxy) is 2. The standard InChI is InChI=1S/C29H31N7O4/c1-39-25-9-7-22(8-10-25)18-32-27(37)17-24-19-34(29(38)40-20-23-5-3-2-4-6-23)15-16-36(24)26-11-12-31-28(33-26)35-14-13-30-21-35/h2-14,21,24H,15-20H2,1H3,(H,32,37). The summed E-state index contributed by atoms with van der Waals surface area (Å²) in [5.74, 6) is 1.77. The van der Waals surface area contributed by atoms with E-state index >= 15 is 0 Å². The van der Waals surface area contributed by atoms with Crippen LogP contribution in [0.4, 0.5) is 10.6 Å². The van der Waals surface area contributed by atoms with Crippen LogP contribution in [-0.4, -0.2) is 69.2 Å². The normalized spacial score (nSPS) is 15.0. The molecule has 0 bridgehead atoms. The van der Waals surface area contributed by atoms with Crippen molar-refractivity contribution in [2.75, 3.05) is 31.6 Å². The first kappa shape index (κ1) is 26.7. The van der Waals surface area contributed by atoms with Gasteiger partial charge in [0, 0.05) is 51.2 Å². The molecule has 1 aliphatic rings. The van der Waals surface area contributed by atoms with Gasteiger partial charge in [0.05, 0.1) is 13.2 Å². The maximum atomic E-state index is 13.1. The predicted octanol–water partition coefficient (Wildman–Crippen LogP) is 3.20. The predicted molar refractivity (Wildman–Crippen MR) is 148 cm³/mol. The van der Waals surface area contributed by atoms with Crippen molar-refractivity contribution < 1.29 is 19.1 Å². The third-order valence-corrected chi connectivity index (χ3v) is 6.67. The van der Waals surface area contributed by atoms with E-state index in [1.54, 1.807) is 41.5 Å². The van der Waals surface area contributed by atoms with E-state index < -0.39 is 6.09 Å². The summed E-state index contributed by atoms with van der Waals surface area (Å²) in [6.45, 7) is 1.80. The molecule has 206 valence electrons. The van der Waals surface area contributed by atoms with Gasteiger partial charge in [0.2, 0.25) is 11.9 Å². The van der Waals surface area contributed by atoms with Crippen LogP contribution in [0.2, 0.25) is 0 Å². The molecule has 1 fully saturated rings. The van der Waals surface area contributed by atoms with E-state index in [1.807, 2.05) is 60.7 Å². The smallest absolute Gasteiger partial charge is 0.410 e. The van der Waals surface area contributed by atoms with Gasteiger partial charge in [-0.05, 0) is 29.3 Å². The molecule has 40 heavy (non-hydrogen) atoms. The summed E-state index contributed by atoms with van der Waals surface area (Å²) in [6, 6.07) is 18.6. The van der Waals surface area contributed by atoms with Crippen molar-refractivity contribution in [3.05, 3.63) is 96.7 Å². The fourth-order valence-electron chi connectivity index (χ4n) is 4.54. The van der Waals surface area contributed by atoms with Gasteiger partial charge in [-0.25, -0.2) is 14.8 Å². The molecule has 1 aliphatic heterocycles. The highest BCUT2D eigenvalue weighted by molar-refractivity contribution is 5.77. The fraction of sp³-hybridized carbons (Fsp3) is 0.276. The highest BCUT2D eigenvalue weighted by Crippen LogP contribution is 2.22. The van der Waals surface area contributed by atoms with Gasteiger partial charge in [0.15, 0.2) is 0 Å². The van der Waals surface area contributed by atoms with Crippen LogP contribution >= 0.6 is 0 Å². The number of aromatic nitrogens is 4. The zero-order valence-corrected chi connectivity index (χ0v) is 22.2. The van der Waals surface area contributed by atoms with Crippen LogP contribution < -0.4 is 15.0 Å². The maximum Gasteiger partial charge on any atom is 0.410 e. The van der Waals surface area contributed by atoms with Crippen LogP contribution in [0.3, 0.4) is 0 Å². The minimum absolute atomic E-state index is 0.130. The fourth-order valence-corrected chi connectivity index (χ4v) is 4.54. The minimum Gasteiger partial charge on any atom is -0.497 e. The molecule has 4 aromatic rings. The van der Waals surface area contributed by atoms with Crippen molar-refractivity contribution in [2.24, 2.45) is 0 Å². The maximum absolute atomic E-state index is 13.1. The Hall–Kier alpha value is -4.93. The average molecular weight is 542 g/mol. The number of carbonyl (C=O) groups is 2. The zero-order valence-electron chi connectivity index (χ0n) is 22.2.